The summed E-state index contributed by atoms with van der Waals surface area (Å²) in [5.41, 5.74) is 3.77. The van der Waals surface area contributed by atoms with Crippen molar-refractivity contribution in [2.45, 2.75) is 35.1 Å². The fourth-order valence-corrected chi connectivity index (χ4v) is 6.09. The first-order chi connectivity index (χ1) is 22.4. The second-order valence-corrected chi connectivity index (χ2v) is 11.2. The van der Waals surface area contributed by atoms with Crippen LogP contribution in [0.15, 0.2) is 55.2 Å². The van der Waals surface area contributed by atoms with E-state index in [1.165, 1.54) is 26.1 Å². The number of nitrogens with one attached hydrogen (secondary N) is 2. The van der Waals surface area contributed by atoms with E-state index < -0.39 is 0 Å². The maximum absolute atomic E-state index is 12.5. The Labute approximate surface area is 337 Å². The summed E-state index contributed by atoms with van der Waals surface area (Å²) in [6.07, 6.45) is 7.49. The average molecular weight is 830 g/mol. The molecule has 246 valence electrons. The van der Waals surface area contributed by atoms with E-state index in [2.05, 4.69) is 51.1 Å². The number of nitrogens with zero attached hydrogens (tertiary/aromatic N) is 5. The second-order valence-electron chi connectivity index (χ2n) is 9.30. The maximum atomic E-state index is 12.5. The second kappa shape index (κ2) is 20.7. The van der Waals surface area contributed by atoms with Gasteiger partial charge in [-0.25, -0.2) is 15.0 Å². The Bertz CT molecular complexity index is 1610. The maximum Gasteiger partial charge on any atom is 0.280 e. The first-order valence-electron chi connectivity index (χ1n) is 14.9. The van der Waals surface area contributed by atoms with Gasteiger partial charge in [-0.3, -0.25) is 9.59 Å². The van der Waals surface area contributed by atoms with Crippen LogP contribution in [0.4, 0.5) is 0 Å². The molecule has 0 aliphatic carbocycles. The molecule has 15 heteroatoms. The fourth-order valence-electron chi connectivity index (χ4n) is 4.54. The molecule has 2 fully saturated rings. The Hall–Kier alpha value is -2.54. The number of carbonyl (C=O) groups excluding carboxylic acids is 4. The molecule has 5 heterocycles. The van der Waals surface area contributed by atoms with Crippen LogP contribution in [0, 0.1) is 24.2 Å². The summed E-state index contributed by atoms with van der Waals surface area (Å²) < 4.78 is 13.4. The van der Waals surface area contributed by atoms with E-state index in [1.807, 2.05) is 18.2 Å². The third-order valence-electron chi connectivity index (χ3n) is 6.68. The molecule has 11 nitrogen and oxygen atoms in total. The smallest absolute Gasteiger partial charge is 0.280 e. The van der Waals surface area contributed by atoms with Crippen molar-refractivity contribution in [1.29, 1.82) is 0 Å². The molecule has 2 aliphatic heterocycles. The summed E-state index contributed by atoms with van der Waals surface area (Å²) in [4.78, 5) is 64.1. The van der Waals surface area contributed by atoms with Crippen molar-refractivity contribution in [3.8, 4) is 0 Å². The number of amides is 4. The van der Waals surface area contributed by atoms with Crippen LogP contribution in [0.2, 0.25) is 0 Å². The first kappa shape index (κ1) is 40.6. The van der Waals surface area contributed by atoms with Gasteiger partial charge in [0.05, 0.1) is 20.4 Å². The van der Waals surface area contributed by atoms with Crippen LogP contribution in [0.5, 0.6) is 0 Å². The summed E-state index contributed by atoms with van der Waals surface area (Å²) in [7, 11) is 2.50. The van der Waals surface area contributed by atoms with E-state index >= 15 is 0 Å². The Kier molecular flexibility index (Phi) is 17.9. The molecule has 0 spiro atoms. The SMILES string of the molecule is C.C=[C-]NC(=O)[C-]1CCN(C(=O)c2ccc3scnc3c2)C1.C=[C-]NC(=O)[C-]1CCN(C(=O)c2nc3ncccc3s2)C1.[3H]C.[3H]C.[Y].[Y]. The number of aromatic nitrogens is 3. The molecule has 0 saturated carbocycles. The molecule has 1 aromatic carbocycles. The summed E-state index contributed by atoms with van der Waals surface area (Å²) in [5.74, 6) is 0.646. The zero-order valence-electron chi connectivity index (χ0n) is 27.5. The minimum Gasteiger partial charge on any atom is -0.521 e. The molecular formula is C32H37N7O4S2Y2-4. The van der Waals surface area contributed by atoms with E-state index in [-0.39, 0.29) is 96.5 Å². The predicted octanol–water partition coefficient (Wildman–Crippen LogP) is 4.86. The molecule has 3 aromatic heterocycles. The number of hydrogen-bond donors (Lipinski definition) is 2. The summed E-state index contributed by atoms with van der Waals surface area (Å²) >= 11 is 2.86. The van der Waals surface area contributed by atoms with Crippen LogP contribution >= 0.6 is 22.7 Å². The van der Waals surface area contributed by atoms with Gasteiger partial charge in [0.1, 0.15) is 0 Å². The van der Waals surface area contributed by atoms with Crippen molar-refractivity contribution in [2.75, 3.05) is 26.2 Å². The Morgan fingerprint density at radius 3 is 2.04 bits per heavy atom. The zero-order valence-corrected chi connectivity index (χ0v) is 32.8. The minimum absolute atomic E-state index is 0. The van der Waals surface area contributed by atoms with Gasteiger partial charge < -0.3 is 41.9 Å². The number of rotatable bonds is 6. The Morgan fingerprint density at radius 2 is 1.47 bits per heavy atom. The Balaban J connectivity index is 0.000000809. The van der Waals surface area contributed by atoms with Crippen molar-refractivity contribution >= 4 is 66.9 Å². The van der Waals surface area contributed by atoms with Crippen molar-refractivity contribution < 1.29 is 87.3 Å². The molecule has 2 aliphatic rings. The minimum atomic E-state index is -0.230. The molecule has 4 amide bonds. The molecule has 47 heavy (non-hydrogen) atoms. The molecule has 0 bridgehead atoms. The monoisotopic (exact) mass is 829 g/mol. The molecular weight excluding hydrogens is 788 g/mol. The van der Waals surface area contributed by atoms with Crippen molar-refractivity contribution in [3.63, 3.8) is 0 Å². The van der Waals surface area contributed by atoms with E-state index in [9.17, 15) is 19.2 Å². The largest absolute Gasteiger partial charge is 0.521 e. The average Bonchev–Trinajstić information content (AvgIpc) is 3.92. The molecule has 6 rings (SSSR count). The van der Waals surface area contributed by atoms with Gasteiger partial charge >= 0.3 is 0 Å². The van der Waals surface area contributed by atoms with Crippen LogP contribution in [0.25, 0.3) is 20.6 Å². The van der Waals surface area contributed by atoms with Crippen LogP contribution in [0.1, 0.15) is 58.0 Å². The molecule has 2 N–H and O–H groups in total. The number of benzene rings is 1. The van der Waals surface area contributed by atoms with Gasteiger partial charge in [0.15, 0.2) is 10.7 Å². The number of fused-ring (bicyclic) bond motifs is 2. The van der Waals surface area contributed by atoms with E-state index in [4.69, 9.17) is 2.74 Å². The topological polar surface area (TPSA) is 137 Å². The Morgan fingerprint density at radius 1 is 0.872 bits per heavy atom. The number of pyridine rings is 1. The molecule has 2 saturated heterocycles. The summed E-state index contributed by atoms with van der Waals surface area (Å²) in [6.45, 7) is 8.40. The van der Waals surface area contributed by atoms with Crippen LogP contribution in [0.3, 0.4) is 0 Å². The van der Waals surface area contributed by atoms with Crippen LogP contribution < -0.4 is 10.6 Å². The van der Waals surface area contributed by atoms with E-state index in [0.29, 0.717) is 67.1 Å². The predicted molar refractivity (Wildman–Crippen MR) is 179 cm³/mol. The van der Waals surface area contributed by atoms with E-state index in [0.717, 1.165) is 14.9 Å². The standard InChI is InChI=1S/C15H13N3O2S.C14H12N4O2S.3CH4.2Y/c1-2-16-14(19)11-5-6-18(8-11)15(20)10-3-4-13-12(7-10)17-9-21-13;1-2-15-12(19)9-5-7-18(8-9)14(20)13-17-11-10(21-13)4-3-6-16-11;;;;;/h3-4,7,9H,1,5-6,8H2,(H,16,19);3-4,6H,1,5,7-8H2,(H,15,19);3*1H4;;/q2*-2;;;;;/i;;2*1T;;;. The number of carbonyl (C=O) groups is 4. The molecule has 0 unspecified atom stereocenters. The van der Waals surface area contributed by atoms with Gasteiger partial charge in [-0.2, -0.15) is 38.4 Å². The van der Waals surface area contributed by atoms with E-state index in [1.54, 1.807) is 45.0 Å². The number of hydrogen-bond acceptors (Lipinski definition) is 9. The third kappa shape index (κ3) is 10.7. The zero-order chi connectivity index (χ0) is 33.6. The van der Waals surface area contributed by atoms with Gasteiger partial charge in [-0.15, -0.1) is 22.7 Å². The summed E-state index contributed by atoms with van der Waals surface area (Å²) in [6, 6.07) is 9.20. The van der Waals surface area contributed by atoms with Gasteiger partial charge in [0.2, 0.25) is 0 Å². The number of likely N-dealkylation sites (tertiary alicyclic amines) is 2. The van der Waals surface area contributed by atoms with Crippen LogP contribution in [-0.2, 0) is 75.0 Å². The van der Waals surface area contributed by atoms with Crippen molar-refractivity contribution in [2.24, 2.45) is 0 Å². The molecule has 2 radical (unpaired) electrons. The number of thiazole rings is 2. The van der Waals surface area contributed by atoms with Gasteiger partial charge in [0, 0.05) is 79.9 Å². The van der Waals surface area contributed by atoms with Crippen molar-refractivity contribution in [3.05, 3.63) is 90.0 Å². The van der Waals surface area contributed by atoms with Crippen LogP contribution in [-0.4, -0.2) is 74.6 Å². The van der Waals surface area contributed by atoms with Gasteiger partial charge in [-0.1, -0.05) is 47.1 Å². The molecule has 0 atom stereocenters. The van der Waals surface area contributed by atoms with Crippen molar-refractivity contribution in [1.82, 2.24) is 35.4 Å². The fraction of sp³-hybridized carbons (Fsp3) is 0.281. The molecule has 4 aromatic rings. The first-order valence-corrected chi connectivity index (χ1v) is 14.5. The van der Waals surface area contributed by atoms with Gasteiger partial charge in [-0.05, 0) is 43.4 Å². The normalized spacial score (nSPS) is 13.2. The summed E-state index contributed by atoms with van der Waals surface area (Å²) in [5, 5.41) is 5.24. The third-order valence-corrected chi connectivity index (χ3v) is 8.48. The quantitative estimate of drug-likeness (QED) is 0.210. The van der Waals surface area contributed by atoms with Gasteiger partial charge in [0.25, 0.3) is 11.8 Å².